The van der Waals surface area contributed by atoms with Crippen molar-refractivity contribution in [3.8, 4) is 0 Å². The Labute approximate surface area is 160 Å². The molecule has 154 valence electrons. The number of hydrogen-bond acceptors (Lipinski definition) is 0. The Bertz CT molecular complexity index is 460. The molecule has 6 heteroatoms. The Kier molecular flexibility index (Phi) is 10.8. The number of rotatable bonds is 0. The van der Waals surface area contributed by atoms with E-state index in [1.807, 2.05) is 0 Å². The molecule has 0 aliphatic rings. The molecule has 0 atom stereocenters. The van der Waals surface area contributed by atoms with Crippen molar-refractivity contribution in [3.63, 3.8) is 0 Å². The average molecular weight is 395 g/mol. The lowest BCUT2D eigenvalue weighted by Gasteiger charge is -2.49. The van der Waals surface area contributed by atoms with E-state index in [1.54, 1.807) is 0 Å². The van der Waals surface area contributed by atoms with Gasteiger partial charge in [0.15, 0.2) is 0 Å². The first-order valence-electron chi connectivity index (χ1n) is 8.87. The van der Waals surface area contributed by atoms with Crippen molar-refractivity contribution in [2.45, 2.75) is 91.6 Å². The van der Waals surface area contributed by atoms with Crippen LogP contribution in [0.3, 0.4) is 0 Å². The summed E-state index contributed by atoms with van der Waals surface area (Å²) in [5.41, 5.74) is 2.74. The summed E-state index contributed by atoms with van der Waals surface area (Å²) in [5, 5.41) is 1.35. The first kappa shape index (κ1) is 27.7. The fourth-order valence-corrected chi connectivity index (χ4v) is 9.72. The lowest BCUT2D eigenvalue weighted by Crippen LogP contribution is -2.34. The molecule has 0 aromatic heterocycles. The van der Waals surface area contributed by atoms with Gasteiger partial charge in [0.25, 0.3) is 0 Å². The third kappa shape index (κ3) is 14.6. The van der Waals surface area contributed by atoms with Gasteiger partial charge in [0.1, 0.15) is 0 Å². The molecule has 0 N–H and O–H groups in total. The molecule has 0 saturated carbocycles. The van der Waals surface area contributed by atoms with Crippen molar-refractivity contribution < 1.29 is 17.3 Å². The van der Waals surface area contributed by atoms with Crippen molar-refractivity contribution in [1.29, 1.82) is 0 Å². The van der Waals surface area contributed by atoms with Gasteiger partial charge >= 0.3 is 7.25 Å². The first-order valence-corrected chi connectivity index (χ1v) is 10.2. The van der Waals surface area contributed by atoms with Crippen LogP contribution in [0.2, 0.25) is 0 Å². The fourth-order valence-electron chi connectivity index (χ4n) is 3.68. The molecular weight excluding hydrogens is 358 g/mol. The maximum atomic E-state index is 9.75. The van der Waals surface area contributed by atoms with Crippen LogP contribution >= 0.6 is 7.92 Å². The average Bonchev–Trinajstić information content (AvgIpc) is 2.25. The second-order valence-corrected chi connectivity index (χ2v) is 14.1. The van der Waals surface area contributed by atoms with Crippen LogP contribution in [0.4, 0.5) is 17.3 Å². The van der Waals surface area contributed by atoms with E-state index in [1.165, 1.54) is 11.1 Å². The van der Waals surface area contributed by atoms with E-state index in [0.29, 0.717) is 15.5 Å². The highest BCUT2D eigenvalue weighted by atomic mass is 31.1. The molecule has 0 unspecified atom stereocenters. The molecule has 0 nitrogen and oxygen atoms in total. The summed E-state index contributed by atoms with van der Waals surface area (Å²) in [4.78, 5) is 0. The molecule has 0 aliphatic heterocycles. The number of hydrogen-bond donors (Lipinski definition) is 0. The summed E-state index contributed by atoms with van der Waals surface area (Å²) in [6.07, 6.45) is 0. The maximum Gasteiger partial charge on any atom is 0.673 e. The minimum atomic E-state index is -6.00. The SMILES string of the molecule is CC(C)(C)P(C(C)(C)C)C(C)(C)C.Cc1ccccc1C.F[B-](F)(F)F. The van der Waals surface area contributed by atoms with Crippen molar-refractivity contribution in [1.82, 2.24) is 0 Å². The van der Waals surface area contributed by atoms with E-state index in [-0.39, 0.29) is 7.92 Å². The van der Waals surface area contributed by atoms with E-state index in [2.05, 4.69) is 100 Å². The molecule has 0 heterocycles. The van der Waals surface area contributed by atoms with E-state index in [4.69, 9.17) is 0 Å². The maximum absolute atomic E-state index is 9.75. The molecule has 1 aromatic rings. The van der Waals surface area contributed by atoms with Gasteiger partial charge < -0.3 is 17.3 Å². The molecule has 1 rings (SSSR count). The molecule has 0 spiro atoms. The van der Waals surface area contributed by atoms with Gasteiger partial charge in [0, 0.05) is 0 Å². The fraction of sp³-hybridized carbons (Fsp3) is 0.700. The topological polar surface area (TPSA) is 0 Å². The highest BCUT2D eigenvalue weighted by Gasteiger charge is 2.41. The van der Waals surface area contributed by atoms with Gasteiger partial charge in [-0.15, -0.1) is 0 Å². The van der Waals surface area contributed by atoms with E-state index in [0.717, 1.165) is 0 Å². The Balaban J connectivity index is 0. The number of aryl methyl sites for hydroxylation is 2. The third-order valence-corrected chi connectivity index (χ3v) is 7.46. The molecule has 0 bridgehead atoms. The summed E-state index contributed by atoms with van der Waals surface area (Å²) in [5.74, 6) is 0. The van der Waals surface area contributed by atoms with Crippen molar-refractivity contribution in [2.24, 2.45) is 0 Å². The Hall–Kier alpha value is -0.565. The van der Waals surface area contributed by atoms with Crippen LogP contribution in [0.15, 0.2) is 24.3 Å². The molecule has 0 amide bonds. The quantitative estimate of drug-likeness (QED) is 0.235. The van der Waals surface area contributed by atoms with Gasteiger partial charge in [0.2, 0.25) is 0 Å². The summed E-state index contributed by atoms with van der Waals surface area (Å²) >= 11 is 0. The smallest absolute Gasteiger partial charge is 0.418 e. The van der Waals surface area contributed by atoms with Crippen LogP contribution < -0.4 is 0 Å². The lowest BCUT2D eigenvalue weighted by atomic mass is 10.1. The molecule has 0 radical (unpaired) electrons. The summed E-state index contributed by atoms with van der Waals surface area (Å²) in [7, 11) is -5.98. The second-order valence-electron chi connectivity index (χ2n) is 9.43. The monoisotopic (exact) mass is 395 g/mol. The van der Waals surface area contributed by atoms with E-state index in [9.17, 15) is 17.3 Å². The molecular formula is C20H37BF4P-. The second kappa shape index (κ2) is 10.1. The largest absolute Gasteiger partial charge is 0.673 e. The summed E-state index contributed by atoms with van der Waals surface area (Å²) in [6, 6.07) is 8.36. The Morgan fingerprint density at radius 2 is 0.808 bits per heavy atom. The van der Waals surface area contributed by atoms with Crippen LogP contribution in [-0.4, -0.2) is 22.7 Å². The minimum absolute atomic E-state index is 0.0162. The van der Waals surface area contributed by atoms with Crippen LogP contribution in [0.25, 0.3) is 0 Å². The van der Waals surface area contributed by atoms with Crippen molar-refractivity contribution in [2.75, 3.05) is 0 Å². The van der Waals surface area contributed by atoms with Gasteiger partial charge in [-0.25, -0.2) is 0 Å². The molecule has 0 fully saturated rings. The zero-order valence-electron chi connectivity index (χ0n) is 18.3. The van der Waals surface area contributed by atoms with Gasteiger partial charge in [-0.05, 0) is 40.4 Å². The number of benzene rings is 1. The zero-order chi connectivity index (χ0) is 21.6. The normalized spacial score (nSPS) is 12.8. The molecule has 0 aliphatic carbocycles. The predicted octanol–water partition coefficient (Wildman–Crippen LogP) is 8.47. The molecule has 26 heavy (non-hydrogen) atoms. The van der Waals surface area contributed by atoms with Crippen molar-refractivity contribution in [3.05, 3.63) is 35.4 Å². The zero-order valence-corrected chi connectivity index (χ0v) is 19.2. The van der Waals surface area contributed by atoms with Gasteiger partial charge in [-0.2, -0.15) is 0 Å². The Morgan fingerprint density at radius 1 is 0.615 bits per heavy atom. The highest BCUT2D eigenvalue weighted by Crippen LogP contribution is 2.66. The Morgan fingerprint density at radius 3 is 0.885 bits per heavy atom. The first-order chi connectivity index (χ1) is 11.2. The summed E-state index contributed by atoms with van der Waals surface area (Å²) in [6.45, 7) is 25.7. The minimum Gasteiger partial charge on any atom is -0.418 e. The van der Waals surface area contributed by atoms with Crippen LogP contribution in [-0.2, 0) is 0 Å². The van der Waals surface area contributed by atoms with Crippen LogP contribution in [0, 0.1) is 13.8 Å². The van der Waals surface area contributed by atoms with Crippen LogP contribution in [0.5, 0.6) is 0 Å². The van der Waals surface area contributed by atoms with E-state index < -0.39 is 7.25 Å². The molecule has 1 aromatic carbocycles. The van der Waals surface area contributed by atoms with Crippen molar-refractivity contribution >= 4 is 15.2 Å². The van der Waals surface area contributed by atoms with Gasteiger partial charge in [-0.1, -0.05) is 94.5 Å². The van der Waals surface area contributed by atoms with Crippen LogP contribution in [0.1, 0.15) is 73.4 Å². The number of halogens is 4. The predicted molar refractivity (Wildman–Crippen MR) is 112 cm³/mol. The van der Waals surface area contributed by atoms with Gasteiger partial charge in [0.05, 0.1) is 0 Å². The standard InChI is InChI=1S/C12H27P.C8H10.BF4/c1-10(2,3)13(11(4,5)6)12(7,8)9;1-7-5-3-4-6-8(7)2;2-1(3,4)5/h1-9H3;3-6H,1-2H3;/q;;-1. The van der Waals surface area contributed by atoms with E-state index >= 15 is 0 Å². The molecule has 0 saturated heterocycles. The van der Waals surface area contributed by atoms with Gasteiger partial charge in [-0.3, -0.25) is 0 Å². The lowest BCUT2D eigenvalue weighted by molar-refractivity contribution is 0.368. The highest BCUT2D eigenvalue weighted by molar-refractivity contribution is 7.62. The third-order valence-electron chi connectivity index (χ3n) is 3.44. The summed E-state index contributed by atoms with van der Waals surface area (Å²) < 4.78 is 39.0.